The summed E-state index contributed by atoms with van der Waals surface area (Å²) in [5.74, 6) is -1.13. The lowest BCUT2D eigenvalue weighted by Crippen LogP contribution is -2.18. The first-order chi connectivity index (χ1) is 14.3. The van der Waals surface area contributed by atoms with Crippen molar-refractivity contribution < 1.29 is 23.5 Å². The normalized spacial score (nSPS) is 10.8. The molecule has 0 aliphatic carbocycles. The SMILES string of the molecule is CCc1[nH]c2c(F)ccc(OCC(=O)OC)c2c(=O)c1Cc1ccc(C(C)=O)cc1. The Bertz CT molecular complexity index is 1160. The predicted molar refractivity (Wildman–Crippen MR) is 111 cm³/mol. The lowest BCUT2D eigenvalue weighted by atomic mass is 9.98. The molecule has 156 valence electrons. The molecule has 1 N–H and O–H groups in total. The number of rotatable bonds is 7. The quantitative estimate of drug-likeness (QED) is 0.475. The van der Waals surface area contributed by atoms with Crippen LogP contribution >= 0.6 is 0 Å². The zero-order chi connectivity index (χ0) is 21.8. The summed E-state index contributed by atoms with van der Waals surface area (Å²) in [4.78, 5) is 39.3. The number of Topliss-reactive ketones (excluding diaryl/α,β-unsaturated/α-hetero) is 1. The van der Waals surface area contributed by atoms with Crippen LogP contribution < -0.4 is 10.2 Å². The van der Waals surface area contributed by atoms with Gasteiger partial charge < -0.3 is 14.5 Å². The number of fused-ring (bicyclic) bond motifs is 1. The molecule has 6 nitrogen and oxygen atoms in total. The third-order valence-electron chi connectivity index (χ3n) is 4.93. The van der Waals surface area contributed by atoms with Gasteiger partial charge in [0.1, 0.15) is 11.6 Å². The van der Waals surface area contributed by atoms with Crippen LogP contribution in [0.25, 0.3) is 10.9 Å². The van der Waals surface area contributed by atoms with Crippen LogP contribution in [0.2, 0.25) is 0 Å². The van der Waals surface area contributed by atoms with Gasteiger partial charge >= 0.3 is 5.97 Å². The fourth-order valence-electron chi connectivity index (χ4n) is 3.29. The van der Waals surface area contributed by atoms with Crippen LogP contribution in [-0.4, -0.2) is 30.5 Å². The van der Waals surface area contributed by atoms with E-state index in [0.29, 0.717) is 29.7 Å². The van der Waals surface area contributed by atoms with Gasteiger partial charge in [-0.1, -0.05) is 31.2 Å². The molecule has 0 saturated heterocycles. The van der Waals surface area contributed by atoms with Gasteiger partial charge in [-0.2, -0.15) is 0 Å². The number of ether oxygens (including phenoxy) is 2. The molecule has 1 heterocycles. The average molecular weight is 411 g/mol. The van der Waals surface area contributed by atoms with Crippen LogP contribution in [-0.2, 0) is 22.4 Å². The van der Waals surface area contributed by atoms with E-state index in [1.165, 1.54) is 26.2 Å². The first-order valence-electron chi connectivity index (χ1n) is 9.51. The number of methoxy groups -OCH3 is 1. The van der Waals surface area contributed by atoms with Crippen LogP contribution in [0.15, 0.2) is 41.2 Å². The Morgan fingerprint density at radius 2 is 1.80 bits per heavy atom. The zero-order valence-corrected chi connectivity index (χ0v) is 17.0. The number of carbonyl (C=O) groups is 2. The molecule has 0 aliphatic heterocycles. The van der Waals surface area contributed by atoms with Crippen molar-refractivity contribution in [1.82, 2.24) is 4.98 Å². The molecular formula is C23H22FNO5. The summed E-state index contributed by atoms with van der Waals surface area (Å²) in [5, 5.41) is 0.0476. The molecule has 0 radical (unpaired) electrons. The molecule has 0 atom stereocenters. The minimum absolute atomic E-state index is 0.0369. The van der Waals surface area contributed by atoms with Crippen molar-refractivity contribution in [3.05, 3.63) is 74.8 Å². The Hall–Kier alpha value is -3.48. The highest BCUT2D eigenvalue weighted by Gasteiger charge is 2.18. The number of aromatic nitrogens is 1. The highest BCUT2D eigenvalue weighted by atomic mass is 19.1. The van der Waals surface area contributed by atoms with Crippen LogP contribution in [0.5, 0.6) is 5.75 Å². The molecule has 0 saturated carbocycles. The highest BCUT2D eigenvalue weighted by Crippen LogP contribution is 2.26. The van der Waals surface area contributed by atoms with E-state index < -0.39 is 18.4 Å². The molecule has 2 aromatic carbocycles. The molecule has 0 bridgehead atoms. The molecule has 3 aromatic rings. The van der Waals surface area contributed by atoms with Crippen molar-refractivity contribution >= 4 is 22.7 Å². The number of nitrogens with one attached hydrogen (secondary N) is 1. The number of hydrogen-bond donors (Lipinski definition) is 1. The van der Waals surface area contributed by atoms with Gasteiger partial charge in [-0.25, -0.2) is 9.18 Å². The van der Waals surface area contributed by atoms with E-state index in [4.69, 9.17) is 4.74 Å². The minimum Gasteiger partial charge on any atom is -0.481 e. The first kappa shape index (κ1) is 21.2. The maximum Gasteiger partial charge on any atom is 0.343 e. The minimum atomic E-state index is -0.611. The van der Waals surface area contributed by atoms with Gasteiger partial charge in [0.05, 0.1) is 18.0 Å². The van der Waals surface area contributed by atoms with E-state index >= 15 is 0 Å². The van der Waals surface area contributed by atoms with Crippen LogP contribution in [0.3, 0.4) is 0 Å². The van der Waals surface area contributed by atoms with Gasteiger partial charge in [0, 0.05) is 23.2 Å². The van der Waals surface area contributed by atoms with Gasteiger partial charge in [0.25, 0.3) is 0 Å². The zero-order valence-electron chi connectivity index (χ0n) is 17.0. The van der Waals surface area contributed by atoms with Crippen molar-refractivity contribution in [3.8, 4) is 5.75 Å². The maximum atomic E-state index is 14.5. The van der Waals surface area contributed by atoms with Gasteiger partial charge in [-0.15, -0.1) is 0 Å². The number of esters is 1. The topological polar surface area (TPSA) is 85.5 Å². The largest absolute Gasteiger partial charge is 0.481 e. The maximum absolute atomic E-state index is 14.5. The molecule has 0 fully saturated rings. The summed E-state index contributed by atoms with van der Waals surface area (Å²) in [7, 11) is 1.23. The van der Waals surface area contributed by atoms with E-state index in [1.54, 1.807) is 24.3 Å². The smallest absolute Gasteiger partial charge is 0.343 e. The number of halogens is 1. The Labute approximate surface area is 172 Å². The monoisotopic (exact) mass is 411 g/mol. The standard InChI is InChI=1S/C23H22FNO5/c1-4-18-16(11-14-5-7-15(8-6-14)13(2)26)23(28)21-19(30-12-20(27)29-3)10-9-17(24)22(21)25-18/h5-10H,4,11-12H2,1-3H3,(H,25,28). The Kier molecular flexibility index (Phi) is 6.30. The van der Waals surface area contributed by atoms with E-state index in [2.05, 4.69) is 9.72 Å². The number of benzene rings is 2. The van der Waals surface area contributed by atoms with Gasteiger partial charge in [0.15, 0.2) is 17.8 Å². The second kappa shape index (κ2) is 8.90. The molecule has 7 heteroatoms. The lowest BCUT2D eigenvalue weighted by Gasteiger charge is -2.14. The summed E-state index contributed by atoms with van der Waals surface area (Å²) < 4.78 is 24.4. The summed E-state index contributed by atoms with van der Waals surface area (Å²) in [6.07, 6.45) is 0.804. The summed E-state index contributed by atoms with van der Waals surface area (Å²) >= 11 is 0. The summed E-state index contributed by atoms with van der Waals surface area (Å²) in [6.45, 7) is 2.96. The van der Waals surface area contributed by atoms with Crippen molar-refractivity contribution in [2.45, 2.75) is 26.7 Å². The van der Waals surface area contributed by atoms with Crippen LogP contribution in [0.1, 0.15) is 41.0 Å². The summed E-state index contributed by atoms with van der Waals surface area (Å²) in [5.41, 5.74) is 2.20. The number of pyridine rings is 1. The molecule has 30 heavy (non-hydrogen) atoms. The fourth-order valence-corrected chi connectivity index (χ4v) is 3.29. The lowest BCUT2D eigenvalue weighted by molar-refractivity contribution is -0.142. The predicted octanol–water partition coefficient (Wildman–Crippen LogP) is 3.57. The van der Waals surface area contributed by atoms with E-state index in [-0.39, 0.29) is 27.9 Å². The van der Waals surface area contributed by atoms with Crippen molar-refractivity contribution in [3.63, 3.8) is 0 Å². The molecule has 0 spiro atoms. The molecule has 0 aliphatic rings. The second-order valence-corrected chi connectivity index (χ2v) is 6.86. The summed E-state index contributed by atoms with van der Waals surface area (Å²) in [6, 6.07) is 9.52. The Balaban J connectivity index is 2.11. The third kappa shape index (κ3) is 4.25. The van der Waals surface area contributed by atoms with E-state index in [0.717, 1.165) is 5.56 Å². The van der Waals surface area contributed by atoms with E-state index in [1.807, 2.05) is 6.92 Å². The number of ketones is 1. The average Bonchev–Trinajstić information content (AvgIpc) is 2.75. The Morgan fingerprint density at radius 1 is 1.10 bits per heavy atom. The number of aromatic amines is 1. The molecule has 3 rings (SSSR count). The third-order valence-corrected chi connectivity index (χ3v) is 4.93. The fraction of sp³-hybridized carbons (Fsp3) is 0.261. The van der Waals surface area contributed by atoms with Gasteiger partial charge in [-0.3, -0.25) is 9.59 Å². The number of H-pyrrole nitrogens is 1. The molecule has 0 amide bonds. The first-order valence-corrected chi connectivity index (χ1v) is 9.51. The number of aryl methyl sites for hydroxylation is 1. The van der Waals surface area contributed by atoms with E-state index in [9.17, 15) is 18.8 Å². The Morgan fingerprint density at radius 3 is 2.40 bits per heavy atom. The van der Waals surface area contributed by atoms with Gasteiger partial charge in [0.2, 0.25) is 0 Å². The van der Waals surface area contributed by atoms with Crippen LogP contribution in [0, 0.1) is 5.82 Å². The van der Waals surface area contributed by atoms with Crippen molar-refractivity contribution in [2.24, 2.45) is 0 Å². The van der Waals surface area contributed by atoms with Crippen LogP contribution in [0.4, 0.5) is 4.39 Å². The molecular weight excluding hydrogens is 389 g/mol. The number of carbonyl (C=O) groups excluding carboxylic acids is 2. The highest BCUT2D eigenvalue weighted by molar-refractivity contribution is 5.94. The second-order valence-electron chi connectivity index (χ2n) is 6.86. The van der Waals surface area contributed by atoms with Crippen molar-refractivity contribution in [1.29, 1.82) is 0 Å². The number of hydrogen-bond acceptors (Lipinski definition) is 5. The molecule has 0 unspecified atom stereocenters. The molecule has 1 aromatic heterocycles. The van der Waals surface area contributed by atoms with Gasteiger partial charge in [-0.05, 0) is 31.0 Å². The van der Waals surface area contributed by atoms with Crippen molar-refractivity contribution in [2.75, 3.05) is 13.7 Å².